The van der Waals surface area contributed by atoms with Crippen molar-refractivity contribution in [1.82, 2.24) is 9.97 Å². The number of aromatic nitrogens is 2. The Morgan fingerprint density at radius 2 is 2.00 bits per heavy atom. The van der Waals surface area contributed by atoms with Crippen molar-refractivity contribution in [3.63, 3.8) is 0 Å². The van der Waals surface area contributed by atoms with Gasteiger partial charge < -0.3 is 14.8 Å². The number of hydrogen-bond donors (Lipinski definition) is 2. The Labute approximate surface area is 89.3 Å². The van der Waals surface area contributed by atoms with Crippen molar-refractivity contribution in [3.05, 3.63) is 18.2 Å². The first-order valence-electron chi connectivity index (χ1n) is 4.76. The maximum atomic E-state index is 8.96. The summed E-state index contributed by atoms with van der Waals surface area (Å²) in [6, 6.07) is 0. The third-order valence-corrected chi connectivity index (χ3v) is 2.02. The highest BCUT2D eigenvalue weighted by Gasteiger charge is 2.30. The topological polar surface area (TPSA) is 75.5 Å². The summed E-state index contributed by atoms with van der Waals surface area (Å²) in [4.78, 5) is 7.78. The van der Waals surface area contributed by atoms with E-state index in [1.54, 1.807) is 14.2 Å². The van der Waals surface area contributed by atoms with Crippen molar-refractivity contribution in [2.75, 3.05) is 14.2 Å². The van der Waals surface area contributed by atoms with Crippen LogP contribution in [-0.2, 0) is 4.74 Å². The summed E-state index contributed by atoms with van der Waals surface area (Å²) < 4.78 is 4.25. The van der Waals surface area contributed by atoms with E-state index in [1.165, 1.54) is 12.5 Å². The molecule has 2 rings (SSSR count). The molecule has 0 atom stereocenters. The van der Waals surface area contributed by atoms with Crippen LogP contribution in [0.15, 0.2) is 12.5 Å². The van der Waals surface area contributed by atoms with Gasteiger partial charge >= 0.3 is 7.12 Å². The molecule has 1 aliphatic carbocycles. The summed E-state index contributed by atoms with van der Waals surface area (Å²) in [5, 5.41) is 17.9. The SMILES string of the molecule is COC.OB(O)c1cncnc1C1CC1. The van der Waals surface area contributed by atoms with Crippen molar-refractivity contribution in [2.24, 2.45) is 0 Å². The molecule has 1 saturated carbocycles. The minimum atomic E-state index is -1.44. The molecule has 6 heteroatoms. The fraction of sp³-hybridized carbons (Fsp3) is 0.556. The Balaban J connectivity index is 0.000000337. The zero-order valence-corrected chi connectivity index (χ0v) is 8.92. The number of rotatable bonds is 2. The molecule has 1 heterocycles. The van der Waals surface area contributed by atoms with E-state index in [4.69, 9.17) is 10.0 Å². The number of hydrogen-bond acceptors (Lipinski definition) is 5. The van der Waals surface area contributed by atoms with Gasteiger partial charge in [0, 0.05) is 37.5 Å². The van der Waals surface area contributed by atoms with E-state index >= 15 is 0 Å². The van der Waals surface area contributed by atoms with E-state index in [9.17, 15) is 0 Å². The lowest BCUT2D eigenvalue weighted by atomic mass is 9.79. The van der Waals surface area contributed by atoms with Gasteiger partial charge in [-0.1, -0.05) is 0 Å². The molecule has 0 spiro atoms. The highest BCUT2D eigenvalue weighted by Crippen LogP contribution is 2.37. The largest absolute Gasteiger partial charge is 0.491 e. The lowest BCUT2D eigenvalue weighted by Crippen LogP contribution is -2.34. The summed E-state index contributed by atoms with van der Waals surface area (Å²) in [6.07, 6.45) is 5.10. The van der Waals surface area contributed by atoms with Crippen molar-refractivity contribution < 1.29 is 14.8 Å². The van der Waals surface area contributed by atoms with Crippen LogP contribution in [0, 0.1) is 0 Å². The zero-order chi connectivity index (χ0) is 11.3. The fourth-order valence-electron chi connectivity index (χ4n) is 1.25. The Hall–Kier alpha value is -0.975. The first-order chi connectivity index (χ1) is 7.20. The van der Waals surface area contributed by atoms with Crippen molar-refractivity contribution >= 4 is 12.6 Å². The standard InChI is InChI=1S/C7H9BN2O2.C2H6O/c11-8(12)6-3-9-4-10-7(6)5-1-2-5;1-3-2/h3-5,11-12H,1-2H2;1-2H3. The third-order valence-electron chi connectivity index (χ3n) is 2.02. The molecular formula is C9H15BN2O3. The monoisotopic (exact) mass is 210 g/mol. The van der Waals surface area contributed by atoms with Crippen LogP contribution in [0.5, 0.6) is 0 Å². The Morgan fingerprint density at radius 1 is 1.40 bits per heavy atom. The first-order valence-corrected chi connectivity index (χ1v) is 4.76. The summed E-state index contributed by atoms with van der Waals surface area (Å²) in [7, 11) is 1.81. The summed E-state index contributed by atoms with van der Waals surface area (Å²) in [5.41, 5.74) is 1.24. The third kappa shape index (κ3) is 3.58. The predicted octanol–water partition coefficient (Wildman–Crippen LogP) is -0.704. The lowest BCUT2D eigenvalue weighted by Gasteiger charge is -2.03. The summed E-state index contributed by atoms with van der Waals surface area (Å²) >= 11 is 0. The summed E-state index contributed by atoms with van der Waals surface area (Å²) in [6.45, 7) is 0. The smallest absolute Gasteiger partial charge is 0.423 e. The maximum Gasteiger partial charge on any atom is 0.491 e. The Kier molecular flexibility index (Phi) is 4.67. The van der Waals surface area contributed by atoms with Crippen LogP contribution in [0.2, 0.25) is 0 Å². The molecule has 2 N–H and O–H groups in total. The molecule has 0 amide bonds. The zero-order valence-electron chi connectivity index (χ0n) is 8.92. The normalized spacial score (nSPS) is 14.1. The second kappa shape index (κ2) is 5.80. The van der Waals surface area contributed by atoms with Gasteiger partial charge in [-0.05, 0) is 12.8 Å². The van der Waals surface area contributed by atoms with Gasteiger partial charge in [-0.25, -0.2) is 9.97 Å². The van der Waals surface area contributed by atoms with Gasteiger partial charge in [0.05, 0.1) is 0 Å². The molecule has 0 aliphatic heterocycles. The van der Waals surface area contributed by atoms with Crippen LogP contribution in [0.1, 0.15) is 24.5 Å². The van der Waals surface area contributed by atoms with Gasteiger partial charge in [0.15, 0.2) is 0 Å². The lowest BCUT2D eigenvalue weighted by molar-refractivity contribution is 0.277. The molecule has 1 fully saturated rings. The molecule has 1 aromatic rings. The van der Waals surface area contributed by atoms with Gasteiger partial charge in [-0.15, -0.1) is 0 Å². The quantitative estimate of drug-likeness (QED) is 0.631. The van der Waals surface area contributed by atoms with Crippen molar-refractivity contribution in [3.8, 4) is 0 Å². The van der Waals surface area contributed by atoms with Crippen LogP contribution in [0.3, 0.4) is 0 Å². The van der Waals surface area contributed by atoms with Gasteiger partial charge in [-0.3, -0.25) is 0 Å². The van der Waals surface area contributed by atoms with E-state index in [0.717, 1.165) is 18.5 Å². The minimum absolute atomic E-state index is 0.421. The predicted molar refractivity (Wildman–Crippen MR) is 56.8 cm³/mol. The molecule has 5 nitrogen and oxygen atoms in total. The second-order valence-corrected chi connectivity index (χ2v) is 3.42. The average Bonchev–Trinajstić information content (AvgIpc) is 3.02. The molecule has 1 aliphatic rings. The van der Waals surface area contributed by atoms with Crippen LogP contribution < -0.4 is 5.46 Å². The maximum absolute atomic E-state index is 8.96. The van der Waals surface area contributed by atoms with E-state index in [2.05, 4.69) is 14.7 Å². The first kappa shape index (κ1) is 12.1. The average molecular weight is 210 g/mol. The molecule has 0 saturated heterocycles. The number of ether oxygens (including phenoxy) is 1. The van der Waals surface area contributed by atoms with Gasteiger partial charge in [0.2, 0.25) is 0 Å². The Morgan fingerprint density at radius 3 is 2.47 bits per heavy atom. The van der Waals surface area contributed by atoms with Crippen LogP contribution >= 0.6 is 0 Å². The molecule has 15 heavy (non-hydrogen) atoms. The van der Waals surface area contributed by atoms with Crippen molar-refractivity contribution in [2.45, 2.75) is 18.8 Å². The molecule has 82 valence electrons. The van der Waals surface area contributed by atoms with Gasteiger partial charge in [0.25, 0.3) is 0 Å². The fourth-order valence-corrected chi connectivity index (χ4v) is 1.25. The minimum Gasteiger partial charge on any atom is -0.423 e. The van der Waals surface area contributed by atoms with Gasteiger partial charge in [0.1, 0.15) is 6.33 Å². The molecule has 0 bridgehead atoms. The van der Waals surface area contributed by atoms with E-state index in [1.807, 2.05) is 0 Å². The van der Waals surface area contributed by atoms with Crippen molar-refractivity contribution in [1.29, 1.82) is 0 Å². The van der Waals surface area contributed by atoms with Crippen LogP contribution in [0.25, 0.3) is 0 Å². The highest BCUT2D eigenvalue weighted by atomic mass is 16.4. The van der Waals surface area contributed by atoms with E-state index < -0.39 is 7.12 Å². The second-order valence-electron chi connectivity index (χ2n) is 3.42. The molecule has 0 radical (unpaired) electrons. The number of nitrogens with zero attached hydrogens (tertiary/aromatic N) is 2. The van der Waals surface area contributed by atoms with Gasteiger partial charge in [-0.2, -0.15) is 0 Å². The molecule has 0 unspecified atom stereocenters. The van der Waals surface area contributed by atoms with E-state index in [0.29, 0.717) is 11.4 Å². The summed E-state index contributed by atoms with van der Waals surface area (Å²) in [5.74, 6) is 0.421. The Bertz CT molecular complexity index is 284. The van der Waals surface area contributed by atoms with E-state index in [-0.39, 0.29) is 0 Å². The van der Waals surface area contributed by atoms with Crippen LogP contribution in [-0.4, -0.2) is 41.4 Å². The number of methoxy groups -OCH3 is 1. The molecule has 0 aromatic carbocycles. The molecular weight excluding hydrogens is 195 g/mol. The van der Waals surface area contributed by atoms with Crippen LogP contribution in [0.4, 0.5) is 0 Å². The highest BCUT2D eigenvalue weighted by molar-refractivity contribution is 6.59. The molecule has 1 aromatic heterocycles.